The molecule has 21 heavy (non-hydrogen) atoms. The van der Waals surface area contributed by atoms with Crippen molar-refractivity contribution in [1.29, 1.82) is 5.26 Å². The maximum Gasteiger partial charge on any atom is 0.157 e. The number of aromatic nitrogens is 2. The van der Waals surface area contributed by atoms with Gasteiger partial charge in [0, 0.05) is 18.9 Å². The maximum atomic E-state index is 9.65. The van der Waals surface area contributed by atoms with Crippen LogP contribution in [-0.2, 0) is 6.61 Å². The summed E-state index contributed by atoms with van der Waals surface area (Å²) in [6, 6.07) is 15.1. The molecule has 2 heterocycles. The van der Waals surface area contributed by atoms with Crippen molar-refractivity contribution >= 4 is 17.2 Å². The van der Waals surface area contributed by atoms with Crippen molar-refractivity contribution in [2.24, 2.45) is 0 Å². The predicted molar refractivity (Wildman–Crippen MR) is 80.3 cm³/mol. The Hall–Kier alpha value is -2.84. The third-order valence-corrected chi connectivity index (χ3v) is 3.46. The normalized spacial score (nSPS) is 10.5. The number of pyridine rings is 1. The van der Waals surface area contributed by atoms with Gasteiger partial charge in [0.25, 0.3) is 0 Å². The van der Waals surface area contributed by atoms with Gasteiger partial charge in [0.1, 0.15) is 5.65 Å². The van der Waals surface area contributed by atoms with E-state index in [1.807, 2.05) is 52.9 Å². The summed E-state index contributed by atoms with van der Waals surface area (Å²) >= 11 is 0. The lowest BCUT2D eigenvalue weighted by Crippen LogP contribution is -2.12. The van der Waals surface area contributed by atoms with Crippen molar-refractivity contribution in [2.75, 3.05) is 11.9 Å². The number of benzene rings is 1. The van der Waals surface area contributed by atoms with Gasteiger partial charge in [0.2, 0.25) is 0 Å². The van der Waals surface area contributed by atoms with Crippen LogP contribution in [0.2, 0.25) is 0 Å². The van der Waals surface area contributed by atoms with Gasteiger partial charge < -0.3 is 10.0 Å². The Morgan fingerprint density at radius 2 is 2.00 bits per heavy atom. The van der Waals surface area contributed by atoms with E-state index in [0.29, 0.717) is 11.4 Å². The van der Waals surface area contributed by atoms with Crippen molar-refractivity contribution in [3.63, 3.8) is 0 Å². The van der Waals surface area contributed by atoms with E-state index in [4.69, 9.17) is 5.26 Å². The number of aliphatic hydroxyl groups is 1. The van der Waals surface area contributed by atoms with Gasteiger partial charge in [-0.1, -0.05) is 6.07 Å². The van der Waals surface area contributed by atoms with Crippen LogP contribution >= 0.6 is 0 Å². The third-order valence-electron chi connectivity index (χ3n) is 3.46. The SMILES string of the molecule is CN(c1ccc(C#N)cc1)c1nc2ccccn2c1CO. The zero-order valence-electron chi connectivity index (χ0n) is 11.6. The Balaban J connectivity index is 2.08. The molecule has 0 fully saturated rings. The van der Waals surface area contributed by atoms with E-state index in [0.717, 1.165) is 17.0 Å². The lowest BCUT2D eigenvalue weighted by atomic mass is 10.2. The van der Waals surface area contributed by atoms with Crippen LogP contribution in [0, 0.1) is 11.3 Å². The second kappa shape index (κ2) is 5.27. The number of hydrogen-bond donors (Lipinski definition) is 1. The van der Waals surface area contributed by atoms with Gasteiger partial charge in [0.15, 0.2) is 5.82 Å². The van der Waals surface area contributed by atoms with Gasteiger partial charge in [-0.05, 0) is 36.4 Å². The lowest BCUT2D eigenvalue weighted by molar-refractivity contribution is 0.276. The standard InChI is InChI=1S/C16H14N4O/c1-19(13-7-5-12(10-17)6-8-13)16-14(11-21)20-9-3-2-4-15(20)18-16/h2-9,21H,11H2,1H3. The molecule has 1 aromatic carbocycles. The zero-order chi connectivity index (χ0) is 14.8. The molecule has 2 aromatic heterocycles. The van der Waals surface area contributed by atoms with E-state index >= 15 is 0 Å². The molecule has 0 saturated heterocycles. The van der Waals surface area contributed by atoms with E-state index in [1.165, 1.54) is 0 Å². The number of anilines is 2. The zero-order valence-corrected chi connectivity index (χ0v) is 11.6. The highest BCUT2D eigenvalue weighted by molar-refractivity contribution is 5.65. The summed E-state index contributed by atoms with van der Waals surface area (Å²) in [4.78, 5) is 6.47. The molecular formula is C16H14N4O. The maximum absolute atomic E-state index is 9.65. The van der Waals surface area contributed by atoms with Crippen LogP contribution in [0.15, 0.2) is 48.7 Å². The molecule has 0 radical (unpaired) electrons. The topological polar surface area (TPSA) is 64.6 Å². The highest BCUT2D eigenvalue weighted by Crippen LogP contribution is 2.27. The summed E-state index contributed by atoms with van der Waals surface area (Å²) in [5, 5.41) is 18.5. The smallest absolute Gasteiger partial charge is 0.157 e. The number of fused-ring (bicyclic) bond motifs is 1. The second-order valence-electron chi connectivity index (χ2n) is 4.69. The fourth-order valence-electron chi connectivity index (χ4n) is 2.33. The molecule has 0 bridgehead atoms. The van der Waals surface area contributed by atoms with Crippen LogP contribution in [0.4, 0.5) is 11.5 Å². The molecule has 0 atom stereocenters. The third kappa shape index (κ3) is 2.22. The van der Waals surface area contributed by atoms with Gasteiger partial charge >= 0.3 is 0 Å². The molecule has 104 valence electrons. The van der Waals surface area contributed by atoms with E-state index in [1.54, 1.807) is 12.1 Å². The predicted octanol–water partition coefficient (Wildman–Crippen LogP) is 2.47. The van der Waals surface area contributed by atoms with Gasteiger partial charge in [0.05, 0.1) is 23.9 Å². The first-order chi connectivity index (χ1) is 10.2. The van der Waals surface area contributed by atoms with Crippen LogP contribution in [0.3, 0.4) is 0 Å². The number of aliphatic hydroxyl groups excluding tert-OH is 1. The highest BCUT2D eigenvalue weighted by atomic mass is 16.3. The molecule has 0 amide bonds. The van der Waals surface area contributed by atoms with Crippen LogP contribution in [-0.4, -0.2) is 21.5 Å². The number of imidazole rings is 1. The van der Waals surface area contributed by atoms with Crippen molar-refractivity contribution in [3.05, 3.63) is 59.9 Å². The number of rotatable bonds is 3. The minimum atomic E-state index is -0.0961. The number of hydrogen-bond acceptors (Lipinski definition) is 4. The Bertz CT molecular complexity index is 814. The Morgan fingerprint density at radius 1 is 1.24 bits per heavy atom. The van der Waals surface area contributed by atoms with Gasteiger partial charge in [-0.2, -0.15) is 5.26 Å². The summed E-state index contributed by atoms with van der Waals surface area (Å²) in [5.41, 5.74) is 3.05. The van der Waals surface area contributed by atoms with E-state index in [-0.39, 0.29) is 6.61 Å². The minimum absolute atomic E-state index is 0.0961. The van der Waals surface area contributed by atoms with Crippen molar-refractivity contribution in [3.8, 4) is 6.07 Å². The molecular weight excluding hydrogens is 264 g/mol. The average molecular weight is 278 g/mol. The summed E-state index contributed by atoms with van der Waals surface area (Å²) in [5.74, 6) is 0.702. The first-order valence-electron chi connectivity index (χ1n) is 6.55. The second-order valence-corrected chi connectivity index (χ2v) is 4.69. The largest absolute Gasteiger partial charge is 0.390 e. The van der Waals surface area contributed by atoms with Gasteiger partial charge in [-0.15, -0.1) is 0 Å². The fourth-order valence-corrected chi connectivity index (χ4v) is 2.33. The van der Waals surface area contributed by atoms with Crippen LogP contribution in [0.1, 0.15) is 11.3 Å². The fraction of sp³-hybridized carbons (Fsp3) is 0.125. The monoisotopic (exact) mass is 278 g/mol. The molecule has 5 heteroatoms. The van der Waals surface area contributed by atoms with E-state index in [9.17, 15) is 5.11 Å². The first-order valence-corrected chi connectivity index (χ1v) is 6.55. The Labute approximate surface area is 122 Å². The molecule has 3 aromatic rings. The van der Waals surface area contributed by atoms with E-state index < -0.39 is 0 Å². The summed E-state index contributed by atoms with van der Waals surface area (Å²) < 4.78 is 1.87. The van der Waals surface area contributed by atoms with Crippen LogP contribution in [0.5, 0.6) is 0 Å². The van der Waals surface area contributed by atoms with Crippen LogP contribution in [0.25, 0.3) is 5.65 Å². The first kappa shape index (κ1) is 13.2. The molecule has 3 rings (SSSR count). The highest BCUT2D eigenvalue weighted by Gasteiger charge is 2.15. The number of nitrogens with zero attached hydrogens (tertiary/aromatic N) is 4. The molecule has 0 spiro atoms. The van der Waals surface area contributed by atoms with Crippen LogP contribution < -0.4 is 4.90 Å². The summed E-state index contributed by atoms with van der Waals surface area (Å²) in [7, 11) is 1.89. The van der Waals surface area contributed by atoms with E-state index in [2.05, 4.69) is 11.1 Å². The molecule has 5 nitrogen and oxygen atoms in total. The van der Waals surface area contributed by atoms with Crippen molar-refractivity contribution in [2.45, 2.75) is 6.61 Å². The Morgan fingerprint density at radius 3 is 2.67 bits per heavy atom. The summed E-state index contributed by atoms with van der Waals surface area (Å²) in [6.07, 6.45) is 1.88. The van der Waals surface area contributed by atoms with Gasteiger partial charge in [-0.3, -0.25) is 4.40 Å². The van der Waals surface area contributed by atoms with Crippen molar-refractivity contribution in [1.82, 2.24) is 9.38 Å². The lowest BCUT2D eigenvalue weighted by Gasteiger charge is -2.18. The van der Waals surface area contributed by atoms with Crippen molar-refractivity contribution < 1.29 is 5.11 Å². The average Bonchev–Trinajstić information content (AvgIpc) is 2.92. The molecule has 0 aliphatic rings. The number of nitriles is 1. The molecule has 1 N–H and O–H groups in total. The Kier molecular flexibility index (Phi) is 3.30. The van der Waals surface area contributed by atoms with Gasteiger partial charge in [-0.25, -0.2) is 4.98 Å². The minimum Gasteiger partial charge on any atom is -0.390 e. The molecule has 0 unspecified atom stereocenters. The summed E-state index contributed by atoms with van der Waals surface area (Å²) in [6.45, 7) is -0.0961. The molecule has 0 aliphatic carbocycles. The quantitative estimate of drug-likeness (QED) is 0.799. The molecule has 0 aliphatic heterocycles. The molecule has 0 saturated carbocycles.